The molecule has 110 valence electrons. The Bertz CT molecular complexity index is 640. The molecule has 1 atom stereocenters. The Hall–Kier alpha value is -2.41. The third kappa shape index (κ3) is 3.57. The van der Waals surface area contributed by atoms with Gasteiger partial charge in [0.2, 0.25) is 0 Å². The average molecular weight is 304 g/mol. The van der Waals surface area contributed by atoms with Gasteiger partial charge in [0.1, 0.15) is 5.01 Å². The minimum Gasteiger partial charge on any atom is -0.409 e. The smallest absolute Gasteiger partial charge is 0.251 e. The highest BCUT2D eigenvalue weighted by Crippen LogP contribution is 2.19. The van der Waals surface area contributed by atoms with E-state index in [0.29, 0.717) is 11.1 Å². The number of carbonyl (C=O) groups excluding carboxylic acids is 1. The van der Waals surface area contributed by atoms with Crippen LogP contribution in [-0.4, -0.2) is 21.9 Å². The highest BCUT2D eigenvalue weighted by molar-refractivity contribution is 7.09. The number of hydrogen-bond donors (Lipinski definition) is 3. The van der Waals surface area contributed by atoms with Crippen LogP contribution in [0.4, 0.5) is 0 Å². The van der Waals surface area contributed by atoms with Crippen LogP contribution in [0.5, 0.6) is 0 Å². The summed E-state index contributed by atoms with van der Waals surface area (Å²) in [7, 11) is 0. The summed E-state index contributed by atoms with van der Waals surface area (Å²) >= 11 is 1.51. The van der Waals surface area contributed by atoms with E-state index in [1.165, 1.54) is 11.3 Å². The number of nitrogens with zero attached hydrogens (tertiary/aromatic N) is 2. The van der Waals surface area contributed by atoms with Crippen molar-refractivity contribution in [3.8, 4) is 0 Å². The summed E-state index contributed by atoms with van der Waals surface area (Å²) in [5.41, 5.74) is 6.47. The minimum atomic E-state index is -0.218. The average Bonchev–Trinajstić information content (AvgIpc) is 3.05. The lowest BCUT2D eigenvalue weighted by molar-refractivity contribution is 0.0935. The molecular formula is C14H16N4O2S. The predicted octanol–water partition coefficient (Wildman–Crippen LogP) is 2.12. The third-order valence-electron chi connectivity index (χ3n) is 2.99. The molecule has 0 bridgehead atoms. The van der Waals surface area contributed by atoms with Crippen molar-refractivity contribution in [2.75, 3.05) is 0 Å². The van der Waals surface area contributed by atoms with Crippen LogP contribution in [0.15, 0.2) is 41.0 Å². The van der Waals surface area contributed by atoms with Crippen LogP contribution in [-0.2, 0) is 0 Å². The molecule has 4 N–H and O–H groups in total. The number of nitrogens with two attached hydrogens (primary N) is 1. The Morgan fingerprint density at radius 3 is 2.90 bits per heavy atom. The molecule has 0 aliphatic carbocycles. The zero-order valence-corrected chi connectivity index (χ0v) is 12.3. The van der Waals surface area contributed by atoms with Gasteiger partial charge in [0.05, 0.1) is 6.04 Å². The molecule has 0 saturated carbocycles. The molecule has 0 spiro atoms. The van der Waals surface area contributed by atoms with Gasteiger partial charge < -0.3 is 16.3 Å². The summed E-state index contributed by atoms with van der Waals surface area (Å²) in [5.74, 6) is -0.249. The van der Waals surface area contributed by atoms with Gasteiger partial charge in [0.15, 0.2) is 5.84 Å². The molecule has 7 heteroatoms. The first-order chi connectivity index (χ1) is 10.2. The van der Waals surface area contributed by atoms with Crippen LogP contribution in [0.25, 0.3) is 0 Å². The quantitative estimate of drug-likeness (QED) is 0.341. The van der Waals surface area contributed by atoms with Gasteiger partial charge in [-0.3, -0.25) is 4.79 Å². The lowest BCUT2D eigenvalue weighted by atomic mass is 10.1. The topological polar surface area (TPSA) is 101 Å². The maximum absolute atomic E-state index is 12.3. The van der Waals surface area contributed by atoms with Gasteiger partial charge in [-0.1, -0.05) is 24.2 Å². The second-order valence-electron chi connectivity index (χ2n) is 4.37. The second-order valence-corrected chi connectivity index (χ2v) is 5.30. The van der Waals surface area contributed by atoms with E-state index in [0.717, 1.165) is 11.4 Å². The largest absolute Gasteiger partial charge is 0.409 e. The van der Waals surface area contributed by atoms with Gasteiger partial charge in [-0.05, 0) is 18.6 Å². The molecule has 2 aromatic rings. The Labute approximate surface area is 126 Å². The van der Waals surface area contributed by atoms with Gasteiger partial charge in [0.25, 0.3) is 5.91 Å². The highest BCUT2D eigenvalue weighted by atomic mass is 32.1. The number of carbonyl (C=O) groups is 1. The first-order valence-electron chi connectivity index (χ1n) is 6.44. The van der Waals surface area contributed by atoms with Crippen molar-refractivity contribution in [1.82, 2.24) is 10.3 Å². The van der Waals surface area contributed by atoms with Crippen LogP contribution in [0.3, 0.4) is 0 Å². The van der Waals surface area contributed by atoms with Gasteiger partial charge in [-0.25, -0.2) is 4.98 Å². The van der Waals surface area contributed by atoms with Crippen LogP contribution in [0.1, 0.15) is 40.3 Å². The fourth-order valence-electron chi connectivity index (χ4n) is 1.86. The van der Waals surface area contributed by atoms with E-state index in [1.807, 2.05) is 12.3 Å². The number of nitrogens with one attached hydrogen (secondary N) is 1. The summed E-state index contributed by atoms with van der Waals surface area (Å²) in [6.45, 7) is 1.99. The van der Waals surface area contributed by atoms with E-state index in [4.69, 9.17) is 10.9 Å². The monoisotopic (exact) mass is 304 g/mol. The third-order valence-corrected chi connectivity index (χ3v) is 3.88. The zero-order valence-electron chi connectivity index (χ0n) is 11.5. The number of oxime groups is 1. The fourth-order valence-corrected chi connectivity index (χ4v) is 2.64. The van der Waals surface area contributed by atoms with Crippen molar-refractivity contribution in [2.24, 2.45) is 10.9 Å². The molecule has 1 amide bonds. The molecule has 1 aromatic heterocycles. The summed E-state index contributed by atoms with van der Waals surface area (Å²) < 4.78 is 0. The van der Waals surface area contributed by atoms with Crippen molar-refractivity contribution < 1.29 is 10.0 Å². The molecular weight excluding hydrogens is 288 g/mol. The molecule has 0 aliphatic heterocycles. The summed E-state index contributed by atoms with van der Waals surface area (Å²) in [4.78, 5) is 16.5. The SMILES string of the molecule is CCC(NC(=O)c1cccc(C(N)=NO)c1)c1nccs1. The summed E-state index contributed by atoms with van der Waals surface area (Å²) in [6, 6.07) is 6.50. The van der Waals surface area contributed by atoms with Gasteiger partial charge in [-0.2, -0.15) is 0 Å². The Kier molecular flexibility index (Phi) is 4.89. The molecule has 2 rings (SSSR count). The molecule has 6 nitrogen and oxygen atoms in total. The minimum absolute atomic E-state index is 0.0309. The first-order valence-corrected chi connectivity index (χ1v) is 7.32. The van der Waals surface area contributed by atoms with E-state index in [-0.39, 0.29) is 17.8 Å². The fraction of sp³-hybridized carbons (Fsp3) is 0.214. The van der Waals surface area contributed by atoms with Crippen LogP contribution in [0.2, 0.25) is 0 Å². The van der Waals surface area contributed by atoms with Crippen molar-refractivity contribution in [2.45, 2.75) is 19.4 Å². The molecule has 1 heterocycles. The number of benzene rings is 1. The van der Waals surface area contributed by atoms with E-state index in [1.54, 1.807) is 30.5 Å². The van der Waals surface area contributed by atoms with Crippen molar-refractivity contribution in [3.05, 3.63) is 52.0 Å². The molecule has 1 aromatic carbocycles. The number of amidine groups is 1. The molecule has 0 fully saturated rings. The Morgan fingerprint density at radius 2 is 2.29 bits per heavy atom. The summed E-state index contributed by atoms with van der Waals surface area (Å²) in [6.07, 6.45) is 2.47. The number of aromatic nitrogens is 1. The Morgan fingerprint density at radius 1 is 1.52 bits per heavy atom. The normalized spacial score (nSPS) is 12.9. The van der Waals surface area contributed by atoms with Crippen molar-refractivity contribution in [3.63, 3.8) is 0 Å². The standard InChI is InChI=1S/C14H16N4O2S/c1-2-11(14-16-6-7-21-14)17-13(19)10-5-3-4-9(8-10)12(15)18-20/h3-8,11,20H,2H2,1H3,(H2,15,18)(H,17,19). The molecule has 0 saturated heterocycles. The van der Waals surface area contributed by atoms with Gasteiger partial charge in [0, 0.05) is 22.7 Å². The maximum atomic E-state index is 12.3. The number of hydrogen-bond acceptors (Lipinski definition) is 5. The molecule has 1 unspecified atom stereocenters. The predicted molar refractivity (Wildman–Crippen MR) is 81.6 cm³/mol. The van der Waals surface area contributed by atoms with E-state index >= 15 is 0 Å². The maximum Gasteiger partial charge on any atom is 0.251 e. The van der Waals surface area contributed by atoms with Crippen LogP contribution in [0, 0.1) is 0 Å². The second kappa shape index (κ2) is 6.85. The number of amides is 1. The molecule has 0 radical (unpaired) electrons. The number of thiazole rings is 1. The van der Waals surface area contributed by atoms with E-state index in [2.05, 4.69) is 15.5 Å². The Balaban J connectivity index is 2.16. The van der Waals surface area contributed by atoms with Crippen LogP contribution < -0.4 is 11.1 Å². The van der Waals surface area contributed by atoms with E-state index in [9.17, 15) is 4.79 Å². The highest BCUT2D eigenvalue weighted by Gasteiger charge is 2.16. The van der Waals surface area contributed by atoms with Crippen molar-refractivity contribution in [1.29, 1.82) is 0 Å². The molecule has 21 heavy (non-hydrogen) atoms. The number of rotatable bonds is 5. The molecule has 0 aliphatic rings. The van der Waals surface area contributed by atoms with E-state index < -0.39 is 0 Å². The van der Waals surface area contributed by atoms with Crippen LogP contribution >= 0.6 is 11.3 Å². The van der Waals surface area contributed by atoms with Gasteiger partial charge in [-0.15, -0.1) is 11.3 Å². The lowest BCUT2D eigenvalue weighted by Crippen LogP contribution is -2.28. The lowest BCUT2D eigenvalue weighted by Gasteiger charge is -2.14. The summed E-state index contributed by atoms with van der Waals surface area (Å²) in [5, 5.41) is 17.3. The first kappa shape index (κ1) is 15.0. The van der Waals surface area contributed by atoms with Crippen molar-refractivity contribution >= 4 is 23.1 Å². The van der Waals surface area contributed by atoms with Gasteiger partial charge >= 0.3 is 0 Å². The zero-order chi connectivity index (χ0) is 15.2.